The van der Waals surface area contributed by atoms with E-state index >= 15 is 0 Å². The Balaban J connectivity index is 1.45. The van der Waals surface area contributed by atoms with Gasteiger partial charge in [0.05, 0.1) is 1.37 Å². The van der Waals surface area contributed by atoms with Crippen molar-refractivity contribution in [3.8, 4) is 0 Å². The number of carbonyl (C=O) groups is 2. The van der Waals surface area contributed by atoms with Crippen molar-refractivity contribution in [2.75, 3.05) is 0 Å². The second-order valence-corrected chi connectivity index (χ2v) is 12.0. The SMILES string of the molecule is [2H]C1=C2C(CC([2H])([2H])C1=O)C1C(C)CC3(C)C(OC(=O)CCCCCCCCCC)CCC3C1C(C)C2([2H])[2H]. The minimum atomic E-state index is -2.13. The Morgan fingerprint density at radius 1 is 1.06 bits per heavy atom. The van der Waals surface area contributed by atoms with E-state index in [0.29, 0.717) is 6.42 Å². The average molecular weight is 476 g/mol. The number of allylic oxidation sites excluding steroid dienone is 1. The van der Waals surface area contributed by atoms with Gasteiger partial charge in [0.2, 0.25) is 0 Å². The normalized spacial score (nSPS) is 44.5. The molecular formula is C31H50O3. The standard InChI is InChI=1S/C31H50O3/c1-5-6-7-8-9-10-11-12-13-28(33)34-27-17-16-26-30-21(2)18-23-19-24(32)14-15-25(23)29(30)22(3)20-31(26,27)4/h19,21-22,25-27,29-30H,5-18,20H2,1-4H3/i14D2,18D2,19D. The molecule has 0 spiro atoms. The van der Waals surface area contributed by atoms with E-state index in [1.807, 2.05) is 6.92 Å². The van der Waals surface area contributed by atoms with Gasteiger partial charge in [-0.1, -0.05) is 78.2 Å². The molecule has 0 saturated heterocycles. The Bertz CT molecular complexity index is 962. The third kappa shape index (κ3) is 5.34. The van der Waals surface area contributed by atoms with Crippen molar-refractivity contribution in [1.82, 2.24) is 0 Å². The van der Waals surface area contributed by atoms with E-state index in [-0.39, 0.29) is 53.2 Å². The molecule has 0 radical (unpaired) electrons. The molecule has 3 heteroatoms. The highest BCUT2D eigenvalue weighted by molar-refractivity contribution is 5.91. The summed E-state index contributed by atoms with van der Waals surface area (Å²) in [4.78, 5) is 25.5. The van der Waals surface area contributed by atoms with Crippen LogP contribution in [0.4, 0.5) is 0 Å². The Kier molecular flexibility index (Phi) is 6.64. The molecule has 3 saturated carbocycles. The van der Waals surface area contributed by atoms with Gasteiger partial charge >= 0.3 is 5.97 Å². The lowest BCUT2D eigenvalue weighted by atomic mass is 9.47. The van der Waals surface area contributed by atoms with Gasteiger partial charge in [-0.15, -0.1) is 0 Å². The van der Waals surface area contributed by atoms with Crippen LogP contribution in [-0.2, 0) is 14.3 Å². The van der Waals surface area contributed by atoms with Crippen LogP contribution >= 0.6 is 0 Å². The van der Waals surface area contributed by atoms with Gasteiger partial charge in [0, 0.05) is 23.7 Å². The summed E-state index contributed by atoms with van der Waals surface area (Å²) < 4.78 is 49.4. The summed E-state index contributed by atoms with van der Waals surface area (Å²) in [7, 11) is 0. The number of ketones is 1. The number of carbonyl (C=O) groups excluding carboxylic acids is 2. The van der Waals surface area contributed by atoms with Crippen LogP contribution in [0.2, 0.25) is 0 Å². The highest BCUT2D eigenvalue weighted by atomic mass is 16.5. The molecule has 3 nitrogen and oxygen atoms in total. The highest BCUT2D eigenvalue weighted by Gasteiger charge is 2.60. The van der Waals surface area contributed by atoms with Gasteiger partial charge in [-0.25, -0.2) is 0 Å². The molecule has 4 aliphatic carbocycles. The monoisotopic (exact) mass is 475 g/mol. The fraction of sp³-hybridized carbons (Fsp3) is 0.871. The van der Waals surface area contributed by atoms with Gasteiger partial charge in [0.25, 0.3) is 0 Å². The number of hydrogen-bond acceptors (Lipinski definition) is 3. The molecule has 4 aliphatic rings. The van der Waals surface area contributed by atoms with E-state index in [4.69, 9.17) is 11.6 Å². The predicted octanol–water partition coefficient (Wildman–Crippen LogP) is 8.06. The first-order chi connectivity index (χ1) is 18.3. The van der Waals surface area contributed by atoms with Gasteiger partial charge in [0.15, 0.2) is 5.78 Å². The summed E-state index contributed by atoms with van der Waals surface area (Å²) in [6.45, 7) is 8.53. The number of fused-ring (bicyclic) bond motifs is 5. The zero-order valence-electron chi connectivity index (χ0n) is 27.0. The molecule has 0 aliphatic heterocycles. The second-order valence-electron chi connectivity index (χ2n) is 12.0. The molecule has 4 rings (SSSR count). The summed E-state index contributed by atoms with van der Waals surface area (Å²) in [6, 6.07) is -0.439. The number of ether oxygens (including phenoxy) is 1. The smallest absolute Gasteiger partial charge is 0.306 e. The lowest BCUT2D eigenvalue weighted by Gasteiger charge is -2.58. The van der Waals surface area contributed by atoms with E-state index in [0.717, 1.165) is 32.1 Å². The third-order valence-corrected chi connectivity index (χ3v) is 9.69. The molecule has 0 bridgehead atoms. The maximum absolute atomic E-state index is 12.9. The van der Waals surface area contributed by atoms with Crippen LogP contribution in [0.5, 0.6) is 0 Å². The topological polar surface area (TPSA) is 43.4 Å². The molecule has 34 heavy (non-hydrogen) atoms. The lowest BCUT2D eigenvalue weighted by molar-refractivity contribution is -0.162. The fourth-order valence-corrected chi connectivity index (χ4v) is 8.16. The summed E-state index contributed by atoms with van der Waals surface area (Å²) in [5.41, 5.74) is -0.00728. The number of rotatable bonds is 10. The van der Waals surface area contributed by atoms with Crippen molar-refractivity contribution < 1.29 is 21.2 Å². The zero-order valence-corrected chi connectivity index (χ0v) is 22.0. The van der Waals surface area contributed by atoms with Gasteiger partial charge in [0.1, 0.15) is 6.10 Å². The number of esters is 1. The van der Waals surface area contributed by atoms with Gasteiger partial charge < -0.3 is 4.74 Å². The molecule has 0 aromatic carbocycles. The first-order valence-electron chi connectivity index (χ1n) is 16.7. The van der Waals surface area contributed by atoms with Crippen molar-refractivity contribution in [3.05, 3.63) is 11.6 Å². The van der Waals surface area contributed by atoms with Crippen LogP contribution < -0.4 is 0 Å². The average Bonchev–Trinajstić information content (AvgIpc) is 3.16. The number of unbranched alkanes of at least 4 members (excludes halogenated alkanes) is 7. The lowest BCUT2D eigenvalue weighted by Crippen LogP contribution is -2.54. The van der Waals surface area contributed by atoms with Crippen molar-refractivity contribution in [2.45, 2.75) is 130 Å². The maximum Gasteiger partial charge on any atom is 0.306 e. The van der Waals surface area contributed by atoms with Crippen LogP contribution in [0.1, 0.15) is 131 Å². The quantitative estimate of drug-likeness (QED) is 0.237. The summed E-state index contributed by atoms with van der Waals surface area (Å²) in [6.07, 6.45) is 8.22. The van der Waals surface area contributed by atoms with Gasteiger partial charge in [-0.05, 0) is 80.0 Å². The highest BCUT2D eigenvalue weighted by Crippen LogP contribution is 2.65. The molecule has 0 heterocycles. The van der Waals surface area contributed by atoms with E-state index in [1.54, 1.807) is 0 Å². The molecule has 0 aromatic heterocycles. The van der Waals surface area contributed by atoms with Crippen LogP contribution in [-0.4, -0.2) is 17.9 Å². The first kappa shape index (κ1) is 20.0. The summed E-state index contributed by atoms with van der Waals surface area (Å²) in [5, 5.41) is 0. The fourth-order valence-electron chi connectivity index (χ4n) is 8.16. The first-order valence-corrected chi connectivity index (χ1v) is 14.2. The predicted molar refractivity (Wildman–Crippen MR) is 138 cm³/mol. The molecule has 0 N–H and O–H groups in total. The molecule has 8 atom stereocenters. The summed E-state index contributed by atoms with van der Waals surface area (Å²) in [5.74, 6) is -1.49. The Hall–Kier alpha value is -1.12. The Labute approximate surface area is 215 Å². The molecule has 0 aromatic rings. The molecule has 8 unspecified atom stereocenters. The van der Waals surface area contributed by atoms with E-state index < -0.39 is 36.4 Å². The molecule has 192 valence electrons. The van der Waals surface area contributed by atoms with E-state index in [1.165, 1.54) is 38.5 Å². The number of hydrogen-bond donors (Lipinski definition) is 0. The molecule has 0 amide bonds. The van der Waals surface area contributed by atoms with Gasteiger partial charge in [-0.2, -0.15) is 0 Å². The van der Waals surface area contributed by atoms with Crippen molar-refractivity contribution in [3.63, 3.8) is 0 Å². The van der Waals surface area contributed by atoms with Crippen molar-refractivity contribution >= 4 is 11.8 Å². The second kappa shape index (κ2) is 11.3. The minimum Gasteiger partial charge on any atom is -0.462 e. The van der Waals surface area contributed by atoms with Crippen LogP contribution in [0.3, 0.4) is 0 Å². The maximum atomic E-state index is 12.9. The van der Waals surface area contributed by atoms with E-state index in [9.17, 15) is 9.59 Å². The largest absolute Gasteiger partial charge is 0.462 e. The Morgan fingerprint density at radius 2 is 1.76 bits per heavy atom. The van der Waals surface area contributed by atoms with E-state index in [2.05, 4.69) is 20.8 Å². The van der Waals surface area contributed by atoms with Crippen LogP contribution in [0.15, 0.2) is 11.6 Å². The minimum absolute atomic E-state index is 0.00397. The summed E-state index contributed by atoms with van der Waals surface area (Å²) >= 11 is 0. The van der Waals surface area contributed by atoms with Gasteiger partial charge in [-0.3, -0.25) is 9.59 Å². The van der Waals surface area contributed by atoms with Crippen molar-refractivity contribution in [1.29, 1.82) is 0 Å². The third-order valence-electron chi connectivity index (χ3n) is 9.69. The van der Waals surface area contributed by atoms with Crippen molar-refractivity contribution in [2.24, 2.45) is 40.9 Å². The molecule has 3 fully saturated rings. The molecular weight excluding hydrogens is 420 g/mol. The Morgan fingerprint density at radius 3 is 2.50 bits per heavy atom. The zero-order chi connectivity index (χ0) is 28.8. The van der Waals surface area contributed by atoms with Crippen LogP contribution in [0.25, 0.3) is 0 Å². The van der Waals surface area contributed by atoms with Crippen LogP contribution in [0, 0.1) is 40.9 Å².